The molecular weight excluding hydrogens is 328 g/mol. The molecule has 1 aromatic carbocycles. The number of amides is 1. The number of nitrogens with zero attached hydrogens (tertiary/aromatic N) is 3. The van der Waals surface area contributed by atoms with Crippen molar-refractivity contribution in [2.24, 2.45) is 0 Å². The van der Waals surface area contributed by atoms with E-state index in [1.165, 1.54) is 0 Å². The Labute approximate surface area is 141 Å². The summed E-state index contributed by atoms with van der Waals surface area (Å²) in [4.78, 5) is 14.3. The van der Waals surface area contributed by atoms with Gasteiger partial charge >= 0.3 is 0 Å². The number of sulfonamides is 1. The molecular formula is C16H20N4O3S. The van der Waals surface area contributed by atoms with Gasteiger partial charge in [-0.3, -0.25) is 4.79 Å². The van der Waals surface area contributed by atoms with Crippen molar-refractivity contribution in [2.45, 2.75) is 18.9 Å². The second-order valence-corrected chi connectivity index (χ2v) is 7.76. The van der Waals surface area contributed by atoms with Crippen LogP contribution in [0.25, 0.3) is 5.69 Å². The summed E-state index contributed by atoms with van der Waals surface area (Å²) in [5.74, 6) is -0.0815. The van der Waals surface area contributed by atoms with Gasteiger partial charge in [-0.15, -0.1) is 0 Å². The van der Waals surface area contributed by atoms with Gasteiger partial charge in [0.05, 0.1) is 11.9 Å². The van der Waals surface area contributed by atoms with Crippen LogP contribution in [0, 0.1) is 0 Å². The van der Waals surface area contributed by atoms with Gasteiger partial charge < -0.3 is 4.90 Å². The van der Waals surface area contributed by atoms with Gasteiger partial charge in [-0.1, -0.05) is 0 Å². The number of benzene rings is 1. The van der Waals surface area contributed by atoms with Gasteiger partial charge in [-0.05, 0) is 43.2 Å². The summed E-state index contributed by atoms with van der Waals surface area (Å²) in [5, 5.41) is 4.15. The molecule has 1 aliphatic rings. The quantitative estimate of drug-likeness (QED) is 0.894. The minimum atomic E-state index is -3.27. The van der Waals surface area contributed by atoms with E-state index in [1.54, 1.807) is 27.9 Å². The minimum absolute atomic E-state index is 0.0815. The Kier molecular flexibility index (Phi) is 4.68. The van der Waals surface area contributed by atoms with E-state index < -0.39 is 10.0 Å². The molecule has 1 amide bonds. The number of hydrogen-bond acceptors (Lipinski definition) is 4. The normalized spacial score (nSPS) is 18.5. The third-order valence-electron chi connectivity index (χ3n) is 3.97. The summed E-state index contributed by atoms with van der Waals surface area (Å²) in [5.41, 5.74) is 1.47. The van der Waals surface area contributed by atoms with Crippen molar-refractivity contribution in [2.75, 3.05) is 19.3 Å². The molecule has 1 unspecified atom stereocenters. The Morgan fingerprint density at radius 3 is 2.67 bits per heavy atom. The maximum absolute atomic E-state index is 12.6. The van der Waals surface area contributed by atoms with Gasteiger partial charge in [0.2, 0.25) is 10.0 Å². The van der Waals surface area contributed by atoms with Crippen molar-refractivity contribution in [1.29, 1.82) is 0 Å². The average Bonchev–Trinajstić information content (AvgIpc) is 3.07. The molecule has 1 aromatic heterocycles. The lowest BCUT2D eigenvalue weighted by Crippen LogP contribution is -2.49. The van der Waals surface area contributed by atoms with Crippen molar-refractivity contribution in [3.05, 3.63) is 48.3 Å². The second kappa shape index (κ2) is 6.74. The van der Waals surface area contributed by atoms with Crippen LogP contribution in [0.2, 0.25) is 0 Å². The number of nitrogens with one attached hydrogen (secondary N) is 1. The van der Waals surface area contributed by atoms with Crippen LogP contribution in [0.4, 0.5) is 0 Å². The third kappa shape index (κ3) is 4.01. The fraction of sp³-hybridized carbons (Fsp3) is 0.375. The molecule has 1 N–H and O–H groups in total. The first-order chi connectivity index (χ1) is 11.4. The van der Waals surface area contributed by atoms with E-state index in [9.17, 15) is 13.2 Å². The molecule has 1 fully saturated rings. The lowest BCUT2D eigenvalue weighted by Gasteiger charge is -2.32. The van der Waals surface area contributed by atoms with Gasteiger partial charge in [-0.25, -0.2) is 17.8 Å². The van der Waals surface area contributed by atoms with Crippen LogP contribution < -0.4 is 4.72 Å². The van der Waals surface area contributed by atoms with E-state index in [-0.39, 0.29) is 11.9 Å². The zero-order chi connectivity index (χ0) is 17.2. The number of likely N-dealkylation sites (tertiary alicyclic amines) is 1. The largest absolute Gasteiger partial charge is 0.337 e. The monoisotopic (exact) mass is 348 g/mol. The average molecular weight is 348 g/mol. The number of piperidine rings is 1. The van der Waals surface area contributed by atoms with E-state index >= 15 is 0 Å². The van der Waals surface area contributed by atoms with Crippen LogP contribution in [0.3, 0.4) is 0 Å². The van der Waals surface area contributed by atoms with E-state index in [0.29, 0.717) is 18.7 Å². The summed E-state index contributed by atoms with van der Waals surface area (Å²) in [7, 11) is -3.27. The molecule has 2 heterocycles. The maximum Gasteiger partial charge on any atom is 0.253 e. The van der Waals surface area contributed by atoms with Crippen LogP contribution in [0.5, 0.6) is 0 Å². The molecule has 0 aliphatic carbocycles. The molecule has 8 heteroatoms. The number of carbonyl (C=O) groups is 1. The number of aromatic nitrogens is 2. The van der Waals surface area contributed by atoms with Crippen molar-refractivity contribution in [1.82, 2.24) is 19.4 Å². The van der Waals surface area contributed by atoms with Gasteiger partial charge in [-0.2, -0.15) is 5.10 Å². The molecule has 0 saturated carbocycles. The Morgan fingerprint density at radius 1 is 1.29 bits per heavy atom. The molecule has 0 radical (unpaired) electrons. The van der Waals surface area contributed by atoms with E-state index in [1.807, 2.05) is 24.4 Å². The fourth-order valence-electron chi connectivity index (χ4n) is 2.92. The third-order valence-corrected chi connectivity index (χ3v) is 4.73. The van der Waals surface area contributed by atoms with E-state index in [2.05, 4.69) is 9.82 Å². The molecule has 7 nitrogen and oxygen atoms in total. The summed E-state index contributed by atoms with van der Waals surface area (Å²) in [6, 6.07) is 8.84. The first kappa shape index (κ1) is 16.7. The zero-order valence-electron chi connectivity index (χ0n) is 13.4. The van der Waals surface area contributed by atoms with Crippen LogP contribution in [0.15, 0.2) is 42.7 Å². The first-order valence-corrected chi connectivity index (χ1v) is 9.68. The highest BCUT2D eigenvalue weighted by molar-refractivity contribution is 7.88. The lowest BCUT2D eigenvalue weighted by atomic mass is 10.1. The maximum atomic E-state index is 12.6. The van der Waals surface area contributed by atoms with Crippen LogP contribution in [-0.2, 0) is 10.0 Å². The van der Waals surface area contributed by atoms with Gasteiger partial charge in [0.15, 0.2) is 0 Å². The Balaban J connectivity index is 1.69. The Hall–Kier alpha value is -2.19. The van der Waals surface area contributed by atoms with Crippen LogP contribution in [0.1, 0.15) is 23.2 Å². The molecule has 1 saturated heterocycles. The topological polar surface area (TPSA) is 84.3 Å². The van der Waals surface area contributed by atoms with Gasteiger partial charge in [0.25, 0.3) is 5.91 Å². The summed E-state index contributed by atoms with van der Waals surface area (Å²) in [6.45, 7) is 1.04. The van der Waals surface area contributed by atoms with E-state index in [0.717, 1.165) is 24.8 Å². The highest BCUT2D eigenvalue weighted by Crippen LogP contribution is 2.16. The SMILES string of the molecule is CS(=O)(=O)NC1CCCN(C(=O)c2ccc(-n3cccn3)cc2)C1. The van der Waals surface area contributed by atoms with Crippen molar-refractivity contribution < 1.29 is 13.2 Å². The van der Waals surface area contributed by atoms with Gasteiger partial charge in [0.1, 0.15) is 0 Å². The minimum Gasteiger partial charge on any atom is -0.337 e. The van der Waals surface area contributed by atoms with Crippen molar-refractivity contribution >= 4 is 15.9 Å². The van der Waals surface area contributed by atoms with E-state index in [4.69, 9.17) is 0 Å². The predicted octanol–water partition coefficient (Wildman–Crippen LogP) is 1.03. The highest BCUT2D eigenvalue weighted by atomic mass is 32.2. The smallest absolute Gasteiger partial charge is 0.253 e. The molecule has 3 rings (SSSR count). The lowest BCUT2D eigenvalue weighted by molar-refractivity contribution is 0.0703. The first-order valence-electron chi connectivity index (χ1n) is 7.79. The number of rotatable bonds is 4. The Morgan fingerprint density at radius 2 is 2.04 bits per heavy atom. The van der Waals surface area contributed by atoms with Gasteiger partial charge in [0, 0.05) is 37.1 Å². The van der Waals surface area contributed by atoms with Crippen LogP contribution >= 0.6 is 0 Å². The number of carbonyl (C=O) groups excluding carboxylic acids is 1. The molecule has 1 atom stereocenters. The number of hydrogen-bond donors (Lipinski definition) is 1. The fourth-order valence-corrected chi connectivity index (χ4v) is 3.72. The summed E-state index contributed by atoms with van der Waals surface area (Å²) >= 11 is 0. The molecule has 24 heavy (non-hydrogen) atoms. The summed E-state index contributed by atoms with van der Waals surface area (Å²) < 4.78 is 27.1. The second-order valence-electron chi connectivity index (χ2n) is 5.98. The molecule has 2 aromatic rings. The van der Waals surface area contributed by atoms with Crippen LogP contribution in [-0.4, -0.2) is 54.4 Å². The standard InChI is InChI=1S/C16H20N4O3S/c1-24(22,23)18-14-4-2-10-19(12-14)16(21)13-5-7-15(8-6-13)20-11-3-9-17-20/h3,5-9,11,14,18H,2,4,10,12H2,1H3. The zero-order valence-corrected chi connectivity index (χ0v) is 14.2. The highest BCUT2D eigenvalue weighted by Gasteiger charge is 2.26. The molecule has 128 valence electrons. The predicted molar refractivity (Wildman–Crippen MR) is 90.5 cm³/mol. The molecule has 0 spiro atoms. The van der Waals surface area contributed by atoms with Crippen molar-refractivity contribution in [3.8, 4) is 5.69 Å². The summed E-state index contributed by atoms with van der Waals surface area (Å²) in [6.07, 6.45) is 6.20. The van der Waals surface area contributed by atoms with Crippen molar-refractivity contribution in [3.63, 3.8) is 0 Å². The Bertz CT molecular complexity index is 800. The molecule has 0 bridgehead atoms. The molecule has 1 aliphatic heterocycles.